The number of hydrogen-bond donors (Lipinski definition) is 1. The molecule has 0 heterocycles. The summed E-state index contributed by atoms with van der Waals surface area (Å²) in [4.78, 5) is 0. The third-order valence-electron chi connectivity index (χ3n) is 2.43. The Morgan fingerprint density at radius 2 is 1.44 bits per heavy atom. The standard InChI is InChI=1S/C12H6Cl3F2N/c13-7-4-9(15)8(14)3-6(7)5-1-2-10(16)12(18)11(5)17/h1-4H,18H2. The van der Waals surface area contributed by atoms with Gasteiger partial charge in [0.25, 0.3) is 0 Å². The van der Waals surface area contributed by atoms with Crippen LogP contribution in [0.1, 0.15) is 0 Å². The smallest absolute Gasteiger partial charge is 0.156 e. The minimum atomic E-state index is -0.879. The monoisotopic (exact) mass is 307 g/mol. The van der Waals surface area contributed by atoms with Crippen LogP contribution in [0.5, 0.6) is 0 Å². The lowest BCUT2D eigenvalue weighted by Gasteiger charge is -2.09. The molecule has 0 bridgehead atoms. The molecule has 2 aromatic carbocycles. The zero-order valence-electron chi connectivity index (χ0n) is 8.78. The molecule has 0 spiro atoms. The summed E-state index contributed by atoms with van der Waals surface area (Å²) >= 11 is 17.6. The molecule has 2 rings (SSSR count). The maximum Gasteiger partial charge on any atom is 0.156 e. The fourth-order valence-electron chi connectivity index (χ4n) is 1.51. The Balaban J connectivity index is 2.70. The maximum absolute atomic E-state index is 13.9. The molecule has 0 aliphatic rings. The van der Waals surface area contributed by atoms with E-state index in [1.54, 1.807) is 0 Å². The molecule has 18 heavy (non-hydrogen) atoms. The van der Waals surface area contributed by atoms with Gasteiger partial charge in [-0.05, 0) is 24.3 Å². The van der Waals surface area contributed by atoms with E-state index in [9.17, 15) is 8.78 Å². The van der Waals surface area contributed by atoms with Gasteiger partial charge in [-0.3, -0.25) is 0 Å². The number of rotatable bonds is 1. The highest BCUT2D eigenvalue weighted by molar-refractivity contribution is 6.44. The molecule has 2 aromatic rings. The van der Waals surface area contributed by atoms with Crippen LogP contribution in [0.2, 0.25) is 15.1 Å². The van der Waals surface area contributed by atoms with E-state index in [0.717, 1.165) is 6.07 Å². The summed E-state index contributed by atoms with van der Waals surface area (Å²) in [6, 6.07) is 5.10. The number of benzene rings is 2. The molecule has 0 saturated heterocycles. The van der Waals surface area contributed by atoms with Crippen LogP contribution in [0.25, 0.3) is 11.1 Å². The van der Waals surface area contributed by atoms with Crippen molar-refractivity contribution in [3.05, 3.63) is 51.0 Å². The van der Waals surface area contributed by atoms with Crippen LogP contribution in [0.3, 0.4) is 0 Å². The predicted molar refractivity (Wildman–Crippen MR) is 71.2 cm³/mol. The van der Waals surface area contributed by atoms with E-state index in [4.69, 9.17) is 40.5 Å². The average Bonchev–Trinajstić information content (AvgIpc) is 2.32. The lowest BCUT2D eigenvalue weighted by molar-refractivity contribution is 0.594. The Bertz CT molecular complexity index is 629. The fraction of sp³-hybridized carbons (Fsp3) is 0. The third kappa shape index (κ3) is 2.26. The molecule has 0 aliphatic carbocycles. The van der Waals surface area contributed by atoms with Crippen LogP contribution < -0.4 is 5.73 Å². The van der Waals surface area contributed by atoms with Crippen molar-refractivity contribution in [1.82, 2.24) is 0 Å². The molecule has 0 radical (unpaired) electrons. The molecule has 2 N–H and O–H groups in total. The molecule has 0 amide bonds. The van der Waals surface area contributed by atoms with Gasteiger partial charge in [-0.2, -0.15) is 0 Å². The zero-order chi connectivity index (χ0) is 13.4. The van der Waals surface area contributed by atoms with Crippen LogP contribution in [0.15, 0.2) is 24.3 Å². The van der Waals surface area contributed by atoms with Gasteiger partial charge in [0.2, 0.25) is 0 Å². The van der Waals surface area contributed by atoms with E-state index in [2.05, 4.69) is 0 Å². The molecular weight excluding hydrogens is 302 g/mol. The van der Waals surface area contributed by atoms with Crippen molar-refractivity contribution in [2.24, 2.45) is 0 Å². The van der Waals surface area contributed by atoms with Crippen LogP contribution >= 0.6 is 34.8 Å². The Morgan fingerprint density at radius 3 is 2.11 bits per heavy atom. The first-order valence-electron chi connectivity index (χ1n) is 4.80. The second kappa shape index (κ2) is 4.92. The topological polar surface area (TPSA) is 26.0 Å². The zero-order valence-corrected chi connectivity index (χ0v) is 11.0. The first-order valence-corrected chi connectivity index (χ1v) is 5.93. The lowest BCUT2D eigenvalue weighted by Crippen LogP contribution is -1.98. The summed E-state index contributed by atoms with van der Waals surface area (Å²) in [5, 5.41) is 0.675. The van der Waals surface area contributed by atoms with Crippen molar-refractivity contribution in [1.29, 1.82) is 0 Å². The van der Waals surface area contributed by atoms with Crippen LogP contribution in [-0.2, 0) is 0 Å². The van der Waals surface area contributed by atoms with Crippen LogP contribution in [0.4, 0.5) is 14.5 Å². The highest BCUT2D eigenvalue weighted by Crippen LogP contribution is 2.37. The Hall–Kier alpha value is -1.03. The van der Waals surface area contributed by atoms with Gasteiger partial charge in [-0.1, -0.05) is 34.8 Å². The van der Waals surface area contributed by atoms with Gasteiger partial charge in [0.1, 0.15) is 11.5 Å². The molecule has 0 atom stereocenters. The molecule has 0 fully saturated rings. The normalized spacial score (nSPS) is 10.7. The minimum absolute atomic E-state index is 0.0671. The van der Waals surface area contributed by atoms with Crippen molar-refractivity contribution in [2.45, 2.75) is 0 Å². The van der Waals surface area contributed by atoms with Gasteiger partial charge < -0.3 is 5.73 Å². The first kappa shape index (κ1) is 13.4. The summed E-state index contributed by atoms with van der Waals surface area (Å²) in [6.45, 7) is 0. The number of hydrogen-bond acceptors (Lipinski definition) is 1. The number of anilines is 1. The summed E-state index contributed by atoms with van der Waals surface area (Å²) in [5.74, 6) is -1.71. The van der Waals surface area contributed by atoms with Crippen molar-refractivity contribution >= 4 is 40.5 Å². The van der Waals surface area contributed by atoms with Crippen molar-refractivity contribution in [3.8, 4) is 11.1 Å². The molecule has 0 unspecified atom stereocenters. The summed E-state index contributed by atoms with van der Waals surface area (Å²) < 4.78 is 26.9. The highest BCUT2D eigenvalue weighted by Gasteiger charge is 2.16. The van der Waals surface area contributed by atoms with Gasteiger partial charge in [-0.25, -0.2) is 8.78 Å². The number of nitrogens with two attached hydrogens (primary N) is 1. The third-order valence-corrected chi connectivity index (χ3v) is 3.46. The largest absolute Gasteiger partial charge is 0.394 e. The lowest BCUT2D eigenvalue weighted by atomic mass is 10.0. The van der Waals surface area contributed by atoms with Crippen molar-refractivity contribution in [2.75, 3.05) is 5.73 Å². The molecule has 0 saturated carbocycles. The van der Waals surface area contributed by atoms with Gasteiger partial charge in [-0.15, -0.1) is 0 Å². The predicted octanol–water partition coefficient (Wildman–Crippen LogP) is 5.17. The number of halogens is 5. The van der Waals surface area contributed by atoms with Crippen LogP contribution in [-0.4, -0.2) is 0 Å². The fourth-order valence-corrected chi connectivity index (χ4v) is 2.15. The molecule has 6 heteroatoms. The highest BCUT2D eigenvalue weighted by atomic mass is 35.5. The maximum atomic E-state index is 13.9. The molecule has 94 valence electrons. The minimum Gasteiger partial charge on any atom is -0.394 e. The first-order chi connectivity index (χ1) is 8.41. The summed E-state index contributed by atoms with van der Waals surface area (Å²) in [7, 11) is 0. The second-order valence-corrected chi connectivity index (χ2v) is 4.79. The van der Waals surface area contributed by atoms with Crippen molar-refractivity contribution in [3.63, 3.8) is 0 Å². The van der Waals surface area contributed by atoms with E-state index >= 15 is 0 Å². The summed E-state index contributed by atoms with van der Waals surface area (Å²) in [5.41, 5.74) is 5.09. The van der Waals surface area contributed by atoms with Gasteiger partial charge in [0.05, 0.1) is 15.1 Å². The molecular formula is C12H6Cl3F2N. The van der Waals surface area contributed by atoms with Gasteiger partial charge in [0, 0.05) is 11.1 Å². The van der Waals surface area contributed by atoms with E-state index in [-0.39, 0.29) is 20.6 Å². The van der Waals surface area contributed by atoms with E-state index < -0.39 is 17.3 Å². The van der Waals surface area contributed by atoms with E-state index in [0.29, 0.717) is 5.56 Å². The summed E-state index contributed by atoms with van der Waals surface area (Å²) in [6.07, 6.45) is 0. The average molecular weight is 309 g/mol. The Labute approximate surface area is 117 Å². The Morgan fingerprint density at radius 1 is 0.833 bits per heavy atom. The quantitative estimate of drug-likeness (QED) is 0.570. The van der Waals surface area contributed by atoms with Crippen molar-refractivity contribution < 1.29 is 8.78 Å². The van der Waals surface area contributed by atoms with Gasteiger partial charge >= 0.3 is 0 Å². The second-order valence-electron chi connectivity index (χ2n) is 3.57. The number of nitrogen functional groups attached to an aromatic ring is 1. The van der Waals surface area contributed by atoms with E-state index in [1.165, 1.54) is 18.2 Å². The molecule has 1 nitrogen and oxygen atoms in total. The SMILES string of the molecule is Nc1c(F)ccc(-c2cc(Cl)c(Cl)cc2Cl)c1F. The molecule has 0 aromatic heterocycles. The van der Waals surface area contributed by atoms with Crippen LogP contribution in [0, 0.1) is 11.6 Å². The Kier molecular flexibility index (Phi) is 3.66. The van der Waals surface area contributed by atoms with E-state index in [1.807, 2.05) is 0 Å². The van der Waals surface area contributed by atoms with Gasteiger partial charge in [0.15, 0.2) is 5.82 Å². The molecule has 0 aliphatic heterocycles.